The van der Waals surface area contributed by atoms with Crippen LogP contribution in [0.2, 0.25) is 5.82 Å². The van der Waals surface area contributed by atoms with Crippen LogP contribution in [0.5, 0.6) is 0 Å². The van der Waals surface area contributed by atoms with Gasteiger partial charge in [0.05, 0.1) is 5.70 Å². The average molecular weight is 186 g/mol. The summed E-state index contributed by atoms with van der Waals surface area (Å²) in [6.07, 6.45) is 3.96. The number of nitrogens with one attached hydrogen (secondary N) is 1. The molecule has 1 unspecified atom stereocenters. The second kappa shape index (κ2) is 4.89. The summed E-state index contributed by atoms with van der Waals surface area (Å²) in [7, 11) is -0.398. The highest BCUT2D eigenvalue weighted by molar-refractivity contribution is 6.29. The first-order valence-corrected chi connectivity index (χ1v) is 4.30. The zero-order valence-electron chi connectivity index (χ0n) is 7.39. The summed E-state index contributed by atoms with van der Waals surface area (Å²) in [6.45, 7) is -0.205. The zero-order valence-corrected chi connectivity index (χ0v) is 7.39. The van der Waals surface area contributed by atoms with E-state index in [0.29, 0.717) is 12.1 Å². The summed E-state index contributed by atoms with van der Waals surface area (Å²) in [5.74, 6) is -0.116. The standard InChI is InChI=1S/C8H13BF2N2/c10-3-4-13-8-5-6(9-11)1-2-7(8)12/h1-2,6,9,13H,3-5,12H2. The van der Waals surface area contributed by atoms with Gasteiger partial charge in [-0.2, -0.15) is 0 Å². The van der Waals surface area contributed by atoms with E-state index in [1.807, 2.05) is 0 Å². The second-order valence-electron chi connectivity index (χ2n) is 3.03. The summed E-state index contributed by atoms with van der Waals surface area (Å²) in [5, 5.41) is 2.85. The van der Waals surface area contributed by atoms with Gasteiger partial charge < -0.3 is 15.4 Å². The van der Waals surface area contributed by atoms with Crippen molar-refractivity contribution in [2.75, 3.05) is 13.2 Å². The number of alkyl halides is 1. The van der Waals surface area contributed by atoms with E-state index >= 15 is 0 Å². The Morgan fingerprint density at radius 3 is 3.08 bits per heavy atom. The number of nitrogens with two attached hydrogens (primary N) is 1. The number of allylic oxidation sites excluding steroid dienone is 3. The third-order valence-electron chi connectivity index (χ3n) is 1.99. The predicted octanol–water partition coefficient (Wildman–Crippen LogP) is 0.785. The predicted molar refractivity (Wildman–Crippen MR) is 51.0 cm³/mol. The van der Waals surface area contributed by atoms with E-state index in [1.54, 1.807) is 12.2 Å². The molecule has 1 rings (SSSR count). The Morgan fingerprint density at radius 1 is 1.69 bits per heavy atom. The third kappa shape index (κ3) is 2.75. The molecule has 0 saturated heterocycles. The minimum absolute atomic E-state index is 0.116. The minimum Gasteiger partial charge on any atom is -0.397 e. The van der Waals surface area contributed by atoms with Crippen molar-refractivity contribution in [2.45, 2.75) is 12.2 Å². The Balaban J connectivity index is 2.54. The Morgan fingerprint density at radius 2 is 2.46 bits per heavy atom. The van der Waals surface area contributed by atoms with Crippen molar-refractivity contribution in [3.05, 3.63) is 23.5 Å². The van der Waals surface area contributed by atoms with Crippen molar-refractivity contribution in [2.24, 2.45) is 5.73 Å². The first-order valence-electron chi connectivity index (χ1n) is 4.30. The van der Waals surface area contributed by atoms with Crippen LogP contribution in [-0.2, 0) is 0 Å². The molecule has 3 N–H and O–H groups in total. The number of halogens is 2. The summed E-state index contributed by atoms with van der Waals surface area (Å²) >= 11 is 0. The van der Waals surface area contributed by atoms with Crippen LogP contribution >= 0.6 is 0 Å². The zero-order chi connectivity index (χ0) is 9.68. The first kappa shape index (κ1) is 10.1. The molecule has 0 amide bonds. The molecule has 5 heteroatoms. The molecular weight excluding hydrogens is 173 g/mol. The van der Waals surface area contributed by atoms with Gasteiger partial charge in [-0.3, -0.25) is 0 Å². The van der Waals surface area contributed by atoms with Gasteiger partial charge in [0.25, 0.3) is 0 Å². The second-order valence-corrected chi connectivity index (χ2v) is 3.03. The maximum absolute atomic E-state index is 12.3. The quantitative estimate of drug-likeness (QED) is 0.636. The van der Waals surface area contributed by atoms with Crippen LogP contribution in [-0.4, -0.2) is 20.8 Å². The van der Waals surface area contributed by atoms with Crippen molar-refractivity contribution in [1.82, 2.24) is 5.32 Å². The van der Waals surface area contributed by atoms with Gasteiger partial charge in [0.2, 0.25) is 0 Å². The van der Waals surface area contributed by atoms with E-state index in [-0.39, 0.29) is 12.4 Å². The Labute approximate surface area is 77.2 Å². The highest BCUT2D eigenvalue weighted by Gasteiger charge is 2.15. The van der Waals surface area contributed by atoms with Crippen molar-refractivity contribution < 1.29 is 8.71 Å². The number of rotatable bonds is 4. The minimum atomic E-state index is -0.444. The molecule has 0 aliphatic heterocycles. The fraction of sp³-hybridized carbons (Fsp3) is 0.500. The molecular formula is C8H13BF2N2. The largest absolute Gasteiger partial charge is 0.397 e. The normalized spacial score (nSPS) is 21.8. The molecule has 0 aromatic heterocycles. The maximum atomic E-state index is 12.3. The molecule has 0 fully saturated rings. The van der Waals surface area contributed by atoms with Crippen LogP contribution in [0.15, 0.2) is 23.5 Å². The highest BCUT2D eigenvalue weighted by atomic mass is 19.1. The maximum Gasteiger partial charge on any atom is 0.338 e. The van der Waals surface area contributed by atoms with Crippen LogP contribution in [0.4, 0.5) is 8.71 Å². The van der Waals surface area contributed by atoms with Crippen LogP contribution in [0.1, 0.15) is 6.42 Å². The SMILES string of the molecule is NC1=C(NCCF)CC(BF)C=C1. The molecule has 13 heavy (non-hydrogen) atoms. The van der Waals surface area contributed by atoms with E-state index in [1.165, 1.54) is 0 Å². The lowest BCUT2D eigenvalue weighted by atomic mass is 9.77. The highest BCUT2D eigenvalue weighted by Crippen LogP contribution is 2.23. The van der Waals surface area contributed by atoms with E-state index in [4.69, 9.17) is 5.73 Å². The van der Waals surface area contributed by atoms with Crippen LogP contribution in [0.25, 0.3) is 0 Å². The molecule has 0 aromatic rings. The van der Waals surface area contributed by atoms with Gasteiger partial charge >= 0.3 is 7.56 Å². The van der Waals surface area contributed by atoms with E-state index in [0.717, 1.165) is 5.70 Å². The molecule has 72 valence electrons. The first-order chi connectivity index (χ1) is 6.27. The summed E-state index contributed by atoms with van der Waals surface area (Å²) in [5.41, 5.74) is 6.96. The Bertz CT molecular complexity index is 228. The number of hydrogen-bond acceptors (Lipinski definition) is 2. The molecule has 0 spiro atoms. The lowest BCUT2D eigenvalue weighted by molar-refractivity contribution is 0.478. The molecule has 0 bridgehead atoms. The summed E-state index contributed by atoms with van der Waals surface area (Å²) < 4.78 is 24.1. The molecule has 0 heterocycles. The van der Waals surface area contributed by atoms with Gasteiger partial charge in [0, 0.05) is 12.2 Å². The van der Waals surface area contributed by atoms with Crippen LogP contribution in [0.3, 0.4) is 0 Å². The topological polar surface area (TPSA) is 38.0 Å². The molecule has 2 nitrogen and oxygen atoms in total. The van der Waals surface area contributed by atoms with E-state index in [9.17, 15) is 8.71 Å². The Hall–Kier alpha value is -0.995. The molecule has 0 radical (unpaired) electrons. The van der Waals surface area contributed by atoms with Crippen molar-refractivity contribution in [3.63, 3.8) is 0 Å². The van der Waals surface area contributed by atoms with Gasteiger partial charge in [0.1, 0.15) is 6.67 Å². The van der Waals surface area contributed by atoms with E-state index in [2.05, 4.69) is 5.32 Å². The monoisotopic (exact) mass is 186 g/mol. The van der Waals surface area contributed by atoms with Gasteiger partial charge in [0.15, 0.2) is 0 Å². The fourth-order valence-electron chi connectivity index (χ4n) is 1.27. The molecule has 1 aliphatic rings. The molecule has 1 atom stereocenters. The van der Waals surface area contributed by atoms with Crippen LogP contribution in [0, 0.1) is 0 Å². The van der Waals surface area contributed by atoms with Crippen molar-refractivity contribution in [1.29, 1.82) is 0 Å². The van der Waals surface area contributed by atoms with Crippen molar-refractivity contribution >= 4 is 7.56 Å². The Kier molecular flexibility index (Phi) is 3.80. The van der Waals surface area contributed by atoms with Crippen molar-refractivity contribution in [3.8, 4) is 0 Å². The number of hydrogen-bond donors (Lipinski definition) is 2. The average Bonchev–Trinajstić information content (AvgIpc) is 2.17. The lowest BCUT2D eigenvalue weighted by Gasteiger charge is -2.18. The van der Waals surface area contributed by atoms with Gasteiger partial charge in [-0.1, -0.05) is 6.08 Å². The van der Waals surface area contributed by atoms with Gasteiger partial charge in [-0.25, -0.2) is 4.39 Å². The van der Waals surface area contributed by atoms with E-state index < -0.39 is 14.2 Å². The fourth-order valence-corrected chi connectivity index (χ4v) is 1.27. The molecule has 1 aliphatic carbocycles. The van der Waals surface area contributed by atoms with Gasteiger partial charge in [-0.05, 0) is 18.3 Å². The van der Waals surface area contributed by atoms with Crippen LogP contribution < -0.4 is 11.1 Å². The smallest absolute Gasteiger partial charge is 0.338 e. The molecule has 0 aromatic carbocycles. The summed E-state index contributed by atoms with van der Waals surface area (Å²) in [6, 6.07) is 0. The molecule has 0 saturated carbocycles. The lowest BCUT2D eigenvalue weighted by Crippen LogP contribution is -2.23. The third-order valence-corrected chi connectivity index (χ3v) is 1.99. The van der Waals surface area contributed by atoms with Gasteiger partial charge in [-0.15, -0.1) is 0 Å². The summed E-state index contributed by atoms with van der Waals surface area (Å²) in [4.78, 5) is 0.